The Morgan fingerprint density at radius 3 is 2.68 bits per heavy atom. The van der Waals surface area contributed by atoms with E-state index < -0.39 is 0 Å². The van der Waals surface area contributed by atoms with Crippen LogP contribution in [0.4, 0.5) is 0 Å². The molecular weight excluding hydrogens is 396 g/mol. The lowest BCUT2D eigenvalue weighted by Crippen LogP contribution is -2.30. The van der Waals surface area contributed by atoms with Gasteiger partial charge in [0.05, 0.1) is 42.8 Å². The molecule has 2 aromatic heterocycles. The second kappa shape index (κ2) is 9.18. The number of hydrogen-bond acceptors (Lipinski definition) is 5. The number of ether oxygens (including phenoxy) is 1. The first-order valence-corrected chi connectivity index (χ1v) is 10.5. The number of aromatic nitrogens is 2. The molecule has 162 valence electrons. The standard InChI is InChI=1S/C23H26N4O4/c1-3-18(16-7-5-4-6-8-16)26-22(28)17-13-19(27-11-12-30-14-20(17)27)23(29)25-15(2)21-9-10-24-31-21/h4-10,13,15,18H,3,11-12,14H2,1-2H3,(H,25,29)(H,26,28)/t15?,18-/m1/s1. The Morgan fingerprint density at radius 1 is 1.16 bits per heavy atom. The van der Waals surface area contributed by atoms with E-state index in [1.165, 1.54) is 6.20 Å². The van der Waals surface area contributed by atoms with E-state index in [0.717, 1.165) is 12.0 Å². The topological polar surface area (TPSA) is 98.4 Å². The maximum Gasteiger partial charge on any atom is 0.268 e. The summed E-state index contributed by atoms with van der Waals surface area (Å²) in [6, 6.07) is 12.8. The van der Waals surface area contributed by atoms with Gasteiger partial charge in [-0.15, -0.1) is 0 Å². The lowest BCUT2D eigenvalue weighted by molar-refractivity contribution is 0.0773. The molecule has 3 aromatic rings. The van der Waals surface area contributed by atoms with E-state index in [1.807, 2.05) is 48.7 Å². The summed E-state index contributed by atoms with van der Waals surface area (Å²) in [6.45, 7) is 5.14. The number of rotatable bonds is 7. The molecule has 0 bridgehead atoms. The van der Waals surface area contributed by atoms with Crippen molar-refractivity contribution >= 4 is 11.8 Å². The third-order valence-corrected chi connectivity index (χ3v) is 5.53. The summed E-state index contributed by atoms with van der Waals surface area (Å²) in [5.74, 6) is 0.0715. The molecule has 8 nitrogen and oxygen atoms in total. The summed E-state index contributed by atoms with van der Waals surface area (Å²) in [4.78, 5) is 26.2. The van der Waals surface area contributed by atoms with Gasteiger partial charge in [-0.05, 0) is 25.0 Å². The van der Waals surface area contributed by atoms with Crippen molar-refractivity contribution < 1.29 is 18.8 Å². The van der Waals surface area contributed by atoms with E-state index in [0.29, 0.717) is 35.9 Å². The Labute approximate surface area is 180 Å². The normalized spacial score (nSPS) is 15.0. The van der Waals surface area contributed by atoms with E-state index in [1.54, 1.807) is 12.1 Å². The van der Waals surface area contributed by atoms with E-state index >= 15 is 0 Å². The van der Waals surface area contributed by atoms with Crippen LogP contribution in [-0.4, -0.2) is 28.1 Å². The molecule has 0 aliphatic carbocycles. The highest BCUT2D eigenvalue weighted by Crippen LogP contribution is 2.24. The quantitative estimate of drug-likeness (QED) is 0.608. The second-order valence-corrected chi connectivity index (χ2v) is 7.55. The lowest BCUT2D eigenvalue weighted by Gasteiger charge is -2.21. The van der Waals surface area contributed by atoms with Gasteiger partial charge in [0.25, 0.3) is 11.8 Å². The van der Waals surface area contributed by atoms with Gasteiger partial charge in [-0.2, -0.15) is 0 Å². The molecule has 2 atom stereocenters. The molecule has 0 saturated heterocycles. The number of nitrogens with zero attached hydrogens (tertiary/aromatic N) is 2. The Hall–Kier alpha value is -3.39. The number of nitrogens with one attached hydrogen (secondary N) is 2. The summed E-state index contributed by atoms with van der Waals surface area (Å²) >= 11 is 0. The molecule has 1 aliphatic rings. The smallest absolute Gasteiger partial charge is 0.268 e. The van der Waals surface area contributed by atoms with Crippen LogP contribution in [0.1, 0.15) is 70.2 Å². The molecule has 8 heteroatoms. The molecular formula is C23H26N4O4. The van der Waals surface area contributed by atoms with E-state index in [9.17, 15) is 9.59 Å². The van der Waals surface area contributed by atoms with Crippen LogP contribution in [0.15, 0.2) is 53.2 Å². The highest BCUT2D eigenvalue weighted by molar-refractivity contribution is 6.01. The van der Waals surface area contributed by atoms with E-state index in [-0.39, 0.29) is 30.5 Å². The number of benzene rings is 1. The van der Waals surface area contributed by atoms with Gasteiger partial charge < -0.3 is 24.5 Å². The molecule has 4 rings (SSSR count). The van der Waals surface area contributed by atoms with Crippen molar-refractivity contribution in [2.75, 3.05) is 6.61 Å². The van der Waals surface area contributed by atoms with E-state index in [2.05, 4.69) is 15.8 Å². The average Bonchev–Trinajstić information content (AvgIpc) is 3.46. The zero-order chi connectivity index (χ0) is 21.8. The first-order valence-electron chi connectivity index (χ1n) is 10.5. The predicted molar refractivity (Wildman–Crippen MR) is 113 cm³/mol. The van der Waals surface area contributed by atoms with Gasteiger partial charge in [0.2, 0.25) is 0 Å². The first kappa shape index (κ1) is 20.9. The van der Waals surface area contributed by atoms with Crippen molar-refractivity contribution in [1.29, 1.82) is 0 Å². The van der Waals surface area contributed by atoms with Crippen molar-refractivity contribution in [2.24, 2.45) is 0 Å². The predicted octanol–water partition coefficient (Wildman–Crippen LogP) is 3.38. The van der Waals surface area contributed by atoms with Crippen LogP contribution >= 0.6 is 0 Å². The fourth-order valence-electron chi connectivity index (χ4n) is 3.84. The van der Waals surface area contributed by atoms with Crippen LogP contribution in [-0.2, 0) is 17.9 Å². The molecule has 1 aliphatic heterocycles. The van der Waals surface area contributed by atoms with Gasteiger partial charge in [-0.3, -0.25) is 9.59 Å². The SMILES string of the molecule is CC[C@@H](NC(=O)c1cc(C(=O)NC(C)c2ccno2)n2c1COCC2)c1ccccc1. The monoisotopic (exact) mass is 422 g/mol. The number of fused-ring (bicyclic) bond motifs is 1. The highest BCUT2D eigenvalue weighted by atomic mass is 16.5. The van der Waals surface area contributed by atoms with Gasteiger partial charge in [-0.1, -0.05) is 42.4 Å². The molecule has 2 N–H and O–H groups in total. The molecule has 0 radical (unpaired) electrons. The fraction of sp³-hybridized carbons (Fsp3) is 0.348. The summed E-state index contributed by atoms with van der Waals surface area (Å²) < 4.78 is 12.6. The molecule has 3 heterocycles. The maximum atomic E-state index is 13.2. The van der Waals surface area contributed by atoms with Crippen molar-refractivity contribution in [2.45, 2.75) is 45.5 Å². The zero-order valence-electron chi connectivity index (χ0n) is 17.6. The number of amides is 2. The number of hydrogen-bond donors (Lipinski definition) is 2. The second-order valence-electron chi connectivity index (χ2n) is 7.55. The maximum absolute atomic E-state index is 13.2. The minimum Gasteiger partial charge on any atom is -0.373 e. The first-order chi connectivity index (χ1) is 15.1. The van der Waals surface area contributed by atoms with Crippen molar-refractivity contribution in [3.63, 3.8) is 0 Å². The summed E-state index contributed by atoms with van der Waals surface area (Å²) in [5, 5.41) is 9.70. The molecule has 1 unspecified atom stereocenters. The lowest BCUT2D eigenvalue weighted by atomic mass is 10.0. The minimum absolute atomic E-state index is 0.113. The third kappa shape index (κ3) is 4.39. The Morgan fingerprint density at radius 2 is 1.97 bits per heavy atom. The Balaban J connectivity index is 1.57. The fourth-order valence-corrected chi connectivity index (χ4v) is 3.84. The van der Waals surface area contributed by atoms with Gasteiger partial charge in [-0.25, -0.2) is 0 Å². The summed E-state index contributed by atoms with van der Waals surface area (Å²) in [6.07, 6.45) is 2.29. The van der Waals surface area contributed by atoms with Gasteiger partial charge in [0.1, 0.15) is 5.69 Å². The van der Waals surface area contributed by atoms with Crippen LogP contribution in [0.3, 0.4) is 0 Å². The molecule has 0 spiro atoms. The Kier molecular flexibility index (Phi) is 6.18. The van der Waals surface area contributed by atoms with Crippen LogP contribution in [0.2, 0.25) is 0 Å². The minimum atomic E-state index is -0.346. The Bertz CT molecular complexity index is 1040. The van der Waals surface area contributed by atoms with Crippen LogP contribution in [0.5, 0.6) is 0 Å². The highest BCUT2D eigenvalue weighted by Gasteiger charge is 2.28. The number of carbonyl (C=O) groups is 2. The molecule has 31 heavy (non-hydrogen) atoms. The van der Waals surface area contributed by atoms with Crippen LogP contribution < -0.4 is 10.6 Å². The van der Waals surface area contributed by atoms with E-state index in [4.69, 9.17) is 9.26 Å². The van der Waals surface area contributed by atoms with Crippen molar-refractivity contribution in [1.82, 2.24) is 20.4 Å². The third-order valence-electron chi connectivity index (χ3n) is 5.53. The van der Waals surface area contributed by atoms with Crippen LogP contribution in [0, 0.1) is 0 Å². The van der Waals surface area contributed by atoms with Crippen molar-refractivity contribution in [3.05, 3.63) is 76.9 Å². The van der Waals surface area contributed by atoms with Gasteiger partial charge >= 0.3 is 0 Å². The van der Waals surface area contributed by atoms with Gasteiger partial charge in [0, 0.05) is 12.6 Å². The average molecular weight is 422 g/mol. The largest absolute Gasteiger partial charge is 0.373 e. The van der Waals surface area contributed by atoms with Gasteiger partial charge in [0.15, 0.2) is 5.76 Å². The van der Waals surface area contributed by atoms with Crippen LogP contribution in [0.25, 0.3) is 0 Å². The summed E-state index contributed by atoms with van der Waals surface area (Å²) in [7, 11) is 0. The molecule has 2 amide bonds. The molecule has 0 fully saturated rings. The number of carbonyl (C=O) groups excluding carboxylic acids is 2. The molecule has 0 saturated carbocycles. The molecule has 1 aromatic carbocycles. The zero-order valence-corrected chi connectivity index (χ0v) is 17.6. The van der Waals surface area contributed by atoms with Crippen molar-refractivity contribution in [3.8, 4) is 0 Å². The summed E-state index contributed by atoms with van der Waals surface area (Å²) in [5.41, 5.74) is 2.65.